The second kappa shape index (κ2) is 5.29. The van der Waals surface area contributed by atoms with Gasteiger partial charge in [0, 0.05) is 16.6 Å². The van der Waals surface area contributed by atoms with Crippen molar-refractivity contribution in [2.75, 3.05) is 0 Å². The third-order valence-electron chi connectivity index (χ3n) is 4.91. The summed E-state index contributed by atoms with van der Waals surface area (Å²) in [6.45, 7) is 0. The number of carboxylic acid groups (broad SMARTS) is 1. The van der Waals surface area contributed by atoms with Crippen LogP contribution >= 0.6 is 0 Å². The maximum Gasteiger partial charge on any atom is 0.335 e. The quantitative estimate of drug-likeness (QED) is 0.596. The number of H-pyrrole nitrogens is 1. The molecule has 3 aliphatic rings. The van der Waals surface area contributed by atoms with Gasteiger partial charge in [-0.1, -0.05) is 18.2 Å². The number of pyridine rings is 1. The van der Waals surface area contributed by atoms with E-state index >= 15 is 0 Å². The number of aromatic amines is 1. The van der Waals surface area contributed by atoms with E-state index in [1.165, 1.54) is 16.8 Å². The summed E-state index contributed by atoms with van der Waals surface area (Å²) in [6, 6.07) is 14.0. The van der Waals surface area contributed by atoms with E-state index in [1.807, 2.05) is 24.3 Å². The maximum absolute atomic E-state index is 13.1. The van der Waals surface area contributed by atoms with Crippen molar-refractivity contribution in [3.63, 3.8) is 0 Å². The number of para-hydroxylation sites is 1. The fourth-order valence-electron chi connectivity index (χ4n) is 3.44. The first-order valence-electron chi connectivity index (χ1n) is 8.51. The van der Waals surface area contributed by atoms with Gasteiger partial charge in [0.05, 0.1) is 16.8 Å². The van der Waals surface area contributed by atoms with Crippen molar-refractivity contribution in [1.82, 2.24) is 14.8 Å². The Morgan fingerprint density at radius 3 is 2.54 bits per heavy atom. The topological polar surface area (TPSA) is 88.0 Å². The third-order valence-corrected chi connectivity index (χ3v) is 4.91. The molecule has 0 radical (unpaired) electrons. The average molecular weight is 345 g/mol. The molecule has 128 valence electrons. The van der Waals surface area contributed by atoms with Crippen LogP contribution in [0.5, 0.6) is 0 Å². The number of aromatic nitrogens is 3. The lowest BCUT2D eigenvalue weighted by Crippen LogP contribution is -2.16. The molecule has 5 rings (SSSR count). The molecule has 0 bridgehead atoms. The molecule has 0 spiro atoms. The molecule has 0 saturated heterocycles. The van der Waals surface area contributed by atoms with Gasteiger partial charge in [0.1, 0.15) is 5.69 Å². The minimum atomic E-state index is -0.999. The van der Waals surface area contributed by atoms with Gasteiger partial charge in [0.25, 0.3) is 5.56 Å². The van der Waals surface area contributed by atoms with E-state index in [4.69, 9.17) is 5.11 Å². The fourth-order valence-corrected chi connectivity index (χ4v) is 3.44. The molecule has 2 N–H and O–H groups in total. The van der Waals surface area contributed by atoms with Crippen LogP contribution in [0.25, 0.3) is 27.8 Å². The highest BCUT2D eigenvalue weighted by molar-refractivity contribution is 5.94. The van der Waals surface area contributed by atoms with Crippen LogP contribution in [0.15, 0.2) is 53.3 Å². The highest BCUT2D eigenvalue weighted by Crippen LogP contribution is 2.44. The van der Waals surface area contributed by atoms with Crippen LogP contribution in [0.1, 0.15) is 34.8 Å². The molecule has 1 aliphatic carbocycles. The second-order valence-corrected chi connectivity index (χ2v) is 6.65. The van der Waals surface area contributed by atoms with Crippen LogP contribution in [0, 0.1) is 0 Å². The lowest BCUT2D eigenvalue weighted by atomic mass is 10.0. The average Bonchev–Trinajstić information content (AvgIpc) is 3.45. The van der Waals surface area contributed by atoms with Gasteiger partial charge in [-0.05, 0) is 49.1 Å². The van der Waals surface area contributed by atoms with Crippen LogP contribution in [0.4, 0.5) is 0 Å². The number of hydrogen-bond donors (Lipinski definition) is 2. The van der Waals surface area contributed by atoms with E-state index < -0.39 is 5.97 Å². The largest absolute Gasteiger partial charge is 0.478 e. The lowest BCUT2D eigenvalue weighted by Gasteiger charge is -2.08. The fraction of sp³-hybridized carbons (Fsp3) is 0.150. The van der Waals surface area contributed by atoms with Gasteiger partial charge < -0.3 is 10.1 Å². The van der Waals surface area contributed by atoms with Crippen LogP contribution in [-0.2, 0) is 0 Å². The molecule has 2 aromatic carbocycles. The van der Waals surface area contributed by atoms with Crippen molar-refractivity contribution in [2.24, 2.45) is 0 Å². The summed E-state index contributed by atoms with van der Waals surface area (Å²) in [4.78, 5) is 27.6. The summed E-state index contributed by atoms with van der Waals surface area (Å²) < 4.78 is 1.36. The molecule has 1 saturated carbocycles. The smallest absolute Gasteiger partial charge is 0.335 e. The molecule has 2 aromatic rings. The van der Waals surface area contributed by atoms with Crippen molar-refractivity contribution < 1.29 is 9.90 Å². The summed E-state index contributed by atoms with van der Waals surface area (Å²) in [5, 5.41) is 14.5. The summed E-state index contributed by atoms with van der Waals surface area (Å²) in [7, 11) is 0. The lowest BCUT2D eigenvalue weighted by molar-refractivity contribution is 0.0697. The molecule has 0 amide bonds. The van der Waals surface area contributed by atoms with Crippen molar-refractivity contribution in [3.05, 3.63) is 70.1 Å². The number of nitrogens with one attached hydrogen (secondary N) is 1. The van der Waals surface area contributed by atoms with Crippen molar-refractivity contribution >= 4 is 16.9 Å². The van der Waals surface area contributed by atoms with Crippen LogP contribution in [0.2, 0.25) is 0 Å². The predicted octanol–water partition coefficient (Wildman–Crippen LogP) is 3.39. The molecule has 1 fully saturated rings. The third kappa shape index (κ3) is 2.15. The van der Waals surface area contributed by atoms with E-state index in [0.29, 0.717) is 22.9 Å². The Morgan fingerprint density at radius 2 is 1.85 bits per heavy atom. The van der Waals surface area contributed by atoms with Crippen LogP contribution in [0.3, 0.4) is 0 Å². The highest BCUT2D eigenvalue weighted by Gasteiger charge is 2.32. The molecule has 2 heterocycles. The number of rotatable bonds is 3. The Bertz CT molecular complexity index is 1180. The standard InChI is InChI=1S/C20H15N3O3/c24-19-16-17(11-5-6-11)21-15-4-2-1-3-14(15)18(16)22-23(19)13-9-7-12(8-10-13)20(25)26/h1-4,7-11,21H,5-6H2,(H,25,26). The molecule has 6 heteroatoms. The van der Waals surface area contributed by atoms with Gasteiger partial charge in [0.15, 0.2) is 0 Å². The number of fused-ring (bicyclic) bond motifs is 3. The monoisotopic (exact) mass is 345 g/mol. The minimum absolute atomic E-state index is 0.174. The molecule has 26 heavy (non-hydrogen) atoms. The first-order valence-corrected chi connectivity index (χ1v) is 8.51. The van der Waals surface area contributed by atoms with Crippen molar-refractivity contribution in [1.29, 1.82) is 0 Å². The second-order valence-electron chi connectivity index (χ2n) is 6.65. The summed E-state index contributed by atoms with van der Waals surface area (Å²) in [5.74, 6) is -0.622. The first kappa shape index (κ1) is 14.9. The SMILES string of the molecule is O=C(O)c1ccc(-n2nc3c4ccccc4[nH]c(C4CC4)c-3c2=O)cc1. The Hall–Kier alpha value is -3.41. The normalized spacial score (nSPS) is 14.2. The zero-order valence-corrected chi connectivity index (χ0v) is 13.8. The van der Waals surface area contributed by atoms with E-state index in [2.05, 4.69) is 10.1 Å². The van der Waals surface area contributed by atoms with Gasteiger partial charge in [-0.3, -0.25) is 4.79 Å². The minimum Gasteiger partial charge on any atom is -0.478 e. The Labute approximate surface area is 148 Å². The Morgan fingerprint density at radius 1 is 1.12 bits per heavy atom. The van der Waals surface area contributed by atoms with Gasteiger partial charge in [-0.15, -0.1) is 0 Å². The number of nitrogens with zero attached hydrogens (tertiary/aromatic N) is 2. The van der Waals surface area contributed by atoms with Crippen LogP contribution < -0.4 is 5.56 Å². The summed E-state index contributed by atoms with van der Waals surface area (Å²) in [5.41, 5.74) is 3.80. The molecule has 0 aromatic heterocycles. The van der Waals surface area contributed by atoms with Crippen LogP contribution in [-0.4, -0.2) is 25.8 Å². The zero-order chi connectivity index (χ0) is 17.8. The predicted molar refractivity (Wildman–Crippen MR) is 97.2 cm³/mol. The number of carboxylic acids is 1. The highest BCUT2D eigenvalue weighted by atomic mass is 16.4. The molecule has 6 nitrogen and oxygen atoms in total. The van der Waals surface area contributed by atoms with E-state index in [-0.39, 0.29) is 11.1 Å². The van der Waals surface area contributed by atoms with Crippen molar-refractivity contribution in [3.8, 4) is 16.9 Å². The summed E-state index contributed by atoms with van der Waals surface area (Å²) >= 11 is 0. The van der Waals surface area contributed by atoms with E-state index in [0.717, 1.165) is 29.4 Å². The molecule has 0 atom stereocenters. The number of hydrogen-bond acceptors (Lipinski definition) is 3. The number of aromatic carboxylic acids is 1. The van der Waals surface area contributed by atoms with E-state index in [1.54, 1.807) is 12.1 Å². The zero-order valence-electron chi connectivity index (χ0n) is 13.8. The maximum atomic E-state index is 13.1. The van der Waals surface area contributed by atoms with Crippen molar-refractivity contribution in [2.45, 2.75) is 18.8 Å². The molecular weight excluding hydrogens is 330 g/mol. The van der Waals surface area contributed by atoms with Gasteiger partial charge in [-0.25, -0.2) is 4.79 Å². The Kier molecular flexibility index (Phi) is 3.03. The number of benzene rings is 2. The van der Waals surface area contributed by atoms with Gasteiger partial charge in [0.2, 0.25) is 0 Å². The summed E-state index contributed by atoms with van der Waals surface area (Å²) in [6.07, 6.45) is 2.14. The first-order chi connectivity index (χ1) is 12.6. The van der Waals surface area contributed by atoms with Gasteiger partial charge >= 0.3 is 5.97 Å². The molecule has 0 unspecified atom stereocenters. The Balaban J connectivity index is 1.79. The van der Waals surface area contributed by atoms with Gasteiger partial charge in [-0.2, -0.15) is 9.78 Å². The molecular formula is C20H15N3O3. The van der Waals surface area contributed by atoms with E-state index in [9.17, 15) is 9.59 Å². The molecule has 2 aliphatic heterocycles. The number of carbonyl (C=O) groups is 1.